The van der Waals surface area contributed by atoms with Crippen LogP contribution in [0.3, 0.4) is 0 Å². The summed E-state index contributed by atoms with van der Waals surface area (Å²) >= 11 is 0. The highest BCUT2D eigenvalue weighted by atomic mass is 15.0. The van der Waals surface area contributed by atoms with Crippen molar-refractivity contribution < 1.29 is 0 Å². The Morgan fingerprint density at radius 2 is 1.96 bits per heavy atom. The van der Waals surface area contributed by atoms with Crippen molar-refractivity contribution in [2.24, 2.45) is 5.73 Å². The van der Waals surface area contributed by atoms with E-state index >= 15 is 0 Å². The Balaban J connectivity index is 2.13. The van der Waals surface area contributed by atoms with Gasteiger partial charge in [0, 0.05) is 29.1 Å². The highest BCUT2D eigenvalue weighted by molar-refractivity contribution is 5.92. The van der Waals surface area contributed by atoms with Crippen LogP contribution in [0.4, 0.5) is 11.5 Å². The molecular weight excluding hydrogens is 336 g/mol. The number of anilines is 2. The van der Waals surface area contributed by atoms with Gasteiger partial charge in [0.05, 0.1) is 28.7 Å². The van der Waals surface area contributed by atoms with E-state index in [-0.39, 0.29) is 6.04 Å². The Hall–Kier alpha value is -3.56. The molecule has 0 fully saturated rings. The highest BCUT2D eigenvalue weighted by Crippen LogP contribution is 2.29. The standard InChI is InChI=1S/C21H20N6/c1-13-5-3-8-21(25-13)27-20-10-15(9-16(11-22)17(20)12-23)19-7-4-6-18(26-19)14(2)24/h3-10,12,14,23H,24H2,1-2H3,(H,25,27). The fraction of sp³-hybridized carbons (Fsp3) is 0.143. The predicted molar refractivity (Wildman–Crippen MR) is 107 cm³/mol. The van der Waals surface area contributed by atoms with Crippen molar-refractivity contribution in [1.82, 2.24) is 9.97 Å². The van der Waals surface area contributed by atoms with E-state index in [2.05, 4.69) is 21.4 Å². The second-order valence-corrected chi connectivity index (χ2v) is 6.27. The lowest BCUT2D eigenvalue weighted by atomic mass is 10.00. The van der Waals surface area contributed by atoms with Crippen LogP contribution in [0.1, 0.15) is 35.5 Å². The van der Waals surface area contributed by atoms with Gasteiger partial charge in [0.2, 0.25) is 0 Å². The highest BCUT2D eigenvalue weighted by Gasteiger charge is 2.13. The van der Waals surface area contributed by atoms with Gasteiger partial charge in [-0.25, -0.2) is 4.98 Å². The summed E-state index contributed by atoms with van der Waals surface area (Å²) < 4.78 is 0. The topological polar surface area (TPSA) is 111 Å². The lowest BCUT2D eigenvalue weighted by Gasteiger charge is -2.14. The van der Waals surface area contributed by atoms with Gasteiger partial charge in [-0.05, 0) is 50.2 Å². The quantitative estimate of drug-likeness (QED) is 0.596. The molecule has 0 radical (unpaired) electrons. The van der Waals surface area contributed by atoms with Crippen LogP contribution in [0.15, 0.2) is 48.5 Å². The van der Waals surface area contributed by atoms with Gasteiger partial charge in [0.15, 0.2) is 0 Å². The summed E-state index contributed by atoms with van der Waals surface area (Å²) in [5.41, 5.74) is 10.6. The van der Waals surface area contributed by atoms with Gasteiger partial charge >= 0.3 is 0 Å². The van der Waals surface area contributed by atoms with Crippen LogP contribution in [0.2, 0.25) is 0 Å². The SMILES string of the molecule is Cc1cccc(Nc2cc(-c3cccc(C(C)N)n3)cc(C#N)c2C=N)n1. The lowest BCUT2D eigenvalue weighted by molar-refractivity contribution is 0.782. The van der Waals surface area contributed by atoms with Gasteiger partial charge < -0.3 is 16.5 Å². The van der Waals surface area contributed by atoms with Crippen LogP contribution in [0.25, 0.3) is 11.3 Å². The number of nitriles is 1. The number of hydrogen-bond acceptors (Lipinski definition) is 6. The summed E-state index contributed by atoms with van der Waals surface area (Å²) in [6.07, 6.45) is 1.17. The molecule has 0 aliphatic carbocycles. The number of pyridine rings is 2. The molecule has 4 N–H and O–H groups in total. The van der Waals surface area contributed by atoms with Gasteiger partial charge in [0.1, 0.15) is 5.82 Å². The number of hydrogen-bond donors (Lipinski definition) is 3. The summed E-state index contributed by atoms with van der Waals surface area (Å²) in [6, 6.07) is 16.9. The molecule has 2 heterocycles. The van der Waals surface area contributed by atoms with E-state index in [1.807, 2.05) is 56.3 Å². The maximum Gasteiger partial charge on any atom is 0.130 e. The van der Waals surface area contributed by atoms with Crippen molar-refractivity contribution >= 4 is 17.7 Å². The van der Waals surface area contributed by atoms with Crippen molar-refractivity contribution in [2.75, 3.05) is 5.32 Å². The first kappa shape index (κ1) is 18.2. The molecule has 3 rings (SSSR count). The monoisotopic (exact) mass is 356 g/mol. The summed E-state index contributed by atoms with van der Waals surface area (Å²) in [7, 11) is 0. The number of benzene rings is 1. The second-order valence-electron chi connectivity index (χ2n) is 6.27. The van der Waals surface area contributed by atoms with E-state index in [9.17, 15) is 5.26 Å². The molecular formula is C21H20N6. The van der Waals surface area contributed by atoms with E-state index in [0.29, 0.717) is 22.6 Å². The van der Waals surface area contributed by atoms with E-state index in [1.54, 1.807) is 6.07 Å². The Morgan fingerprint density at radius 1 is 1.19 bits per heavy atom. The van der Waals surface area contributed by atoms with Crippen molar-refractivity contribution in [3.05, 3.63) is 71.0 Å². The predicted octanol–water partition coefficient (Wildman–Crippen LogP) is 4.08. The minimum Gasteiger partial charge on any atom is -0.340 e. The average molecular weight is 356 g/mol. The number of aromatic nitrogens is 2. The zero-order valence-electron chi connectivity index (χ0n) is 15.2. The third-order valence-corrected chi connectivity index (χ3v) is 4.13. The minimum absolute atomic E-state index is 0.185. The fourth-order valence-corrected chi connectivity index (χ4v) is 2.77. The Kier molecular flexibility index (Phi) is 5.25. The molecule has 0 saturated carbocycles. The molecule has 0 bridgehead atoms. The molecule has 2 aromatic heterocycles. The van der Waals surface area contributed by atoms with Crippen LogP contribution < -0.4 is 11.1 Å². The normalized spacial score (nSPS) is 11.5. The van der Waals surface area contributed by atoms with Crippen LogP contribution in [0, 0.1) is 23.7 Å². The molecule has 0 saturated heterocycles. The van der Waals surface area contributed by atoms with Crippen molar-refractivity contribution in [3.8, 4) is 17.3 Å². The summed E-state index contributed by atoms with van der Waals surface area (Å²) in [5, 5.41) is 20.5. The van der Waals surface area contributed by atoms with Gasteiger partial charge in [-0.3, -0.25) is 4.98 Å². The van der Waals surface area contributed by atoms with Crippen molar-refractivity contribution in [1.29, 1.82) is 10.7 Å². The number of aryl methyl sites for hydroxylation is 1. The summed E-state index contributed by atoms with van der Waals surface area (Å²) in [4.78, 5) is 9.04. The van der Waals surface area contributed by atoms with Gasteiger partial charge in [-0.15, -0.1) is 0 Å². The number of nitrogens with zero attached hydrogens (tertiary/aromatic N) is 3. The first-order chi connectivity index (χ1) is 13.0. The molecule has 0 spiro atoms. The molecule has 3 aromatic rings. The third-order valence-electron chi connectivity index (χ3n) is 4.13. The number of nitrogens with one attached hydrogen (secondary N) is 2. The average Bonchev–Trinajstić information content (AvgIpc) is 2.67. The largest absolute Gasteiger partial charge is 0.340 e. The third kappa shape index (κ3) is 4.00. The maximum atomic E-state index is 9.56. The first-order valence-corrected chi connectivity index (χ1v) is 8.54. The molecule has 1 unspecified atom stereocenters. The van der Waals surface area contributed by atoms with E-state index in [4.69, 9.17) is 11.1 Å². The van der Waals surface area contributed by atoms with Crippen LogP contribution >= 0.6 is 0 Å². The molecule has 6 nitrogen and oxygen atoms in total. The zero-order valence-corrected chi connectivity index (χ0v) is 15.2. The lowest BCUT2D eigenvalue weighted by Crippen LogP contribution is -2.07. The van der Waals surface area contributed by atoms with Gasteiger partial charge in [0.25, 0.3) is 0 Å². The molecule has 134 valence electrons. The van der Waals surface area contributed by atoms with E-state index < -0.39 is 0 Å². The molecule has 1 atom stereocenters. The second kappa shape index (κ2) is 7.77. The molecule has 0 aliphatic heterocycles. The Morgan fingerprint density at radius 3 is 2.63 bits per heavy atom. The Labute approximate surface area is 158 Å². The molecule has 1 aromatic carbocycles. The van der Waals surface area contributed by atoms with Gasteiger partial charge in [-0.1, -0.05) is 12.1 Å². The van der Waals surface area contributed by atoms with Crippen molar-refractivity contribution in [3.63, 3.8) is 0 Å². The maximum absolute atomic E-state index is 9.56. The molecule has 27 heavy (non-hydrogen) atoms. The minimum atomic E-state index is -0.185. The Bertz CT molecular complexity index is 1030. The molecule has 0 amide bonds. The van der Waals surface area contributed by atoms with Gasteiger partial charge in [-0.2, -0.15) is 5.26 Å². The fourth-order valence-electron chi connectivity index (χ4n) is 2.77. The van der Waals surface area contributed by atoms with Crippen LogP contribution in [0.5, 0.6) is 0 Å². The zero-order chi connectivity index (χ0) is 19.4. The first-order valence-electron chi connectivity index (χ1n) is 8.54. The number of nitrogens with two attached hydrogens (primary N) is 1. The smallest absolute Gasteiger partial charge is 0.130 e. The number of rotatable bonds is 5. The molecule has 6 heteroatoms. The van der Waals surface area contributed by atoms with Crippen molar-refractivity contribution in [2.45, 2.75) is 19.9 Å². The van der Waals surface area contributed by atoms with Crippen LogP contribution in [-0.4, -0.2) is 16.2 Å². The van der Waals surface area contributed by atoms with Crippen LogP contribution in [-0.2, 0) is 0 Å². The molecule has 0 aliphatic rings. The van der Waals surface area contributed by atoms with E-state index in [0.717, 1.165) is 22.6 Å². The summed E-state index contributed by atoms with van der Waals surface area (Å²) in [5.74, 6) is 0.649. The van der Waals surface area contributed by atoms with E-state index in [1.165, 1.54) is 6.21 Å². The summed E-state index contributed by atoms with van der Waals surface area (Å²) in [6.45, 7) is 3.78.